The van der Waals surface area contributed by atoms with Crippen LogP contribution < -0.4 is 0 Å². The van der Waals surface area contributed by atoms with Gasteiger partial charge in [-0.05, 0) is 31.1 Å². The lowest BCUT2D eigenvalue weighted by molar-refractivity contribution is -0.154. The minimum atomic E-state index is -0.154. The largest absolute Gasteiger partial charge is 0.466 e. The summed E-state index contributed by atoms with van der Waals surface area (Å²) in [5.74, 6) is 0.344. The van der Waals surface area contributed by atoms with Crippen LogP contribution >= 0.6 is 0 Å². The van der Waals surface area contributed by atoms with Crippen molar-refractivity contribution in [1.29, 1.82) is 0 Å². The summed E-state index contributed by atoms with van der Waals surface area (Å²) in [6.07, 6.45) is 20.6. The van der Waals surface area contributed by atoms with E-state index < -0.39 is 0 Å². The second kappa shape index (κ2) is 22.7. The molecule has 0 amide bonds. The van der Waals surface area contributed by atoms with Crippen molar-refractivity contribution in [2.75, 3.05) is 6.61 Å². The molecule has 0 fully saturated rings. The summed E-state index contributed by atoms with van der Waals surface area (Å²) in [5.41, 5.74) is 0. The second-order valence-electron chi connectivity index (χ2n) is 10.5. The molecule has 0 spiro atoms. The number of esters is 2. The van der Waals surface area contributed by atoms with Gasteiger partial charge in [0.15, 0.2) is 0 Å². The monoisotopic (exact) mass is 468 g/mol. The molecule has 0 aromatic heterocycles. The first kappa shape index (κ1) is 31.9. The Bertz CT molecular complexity index is 451. The van der Waals surface area contributed by atoms with Crippen molar-refractivity contribution < 1.29 is 19.1 Å². The molecule has 196 valence electrons. The minimum absolute atomic E-state index is 0.0347. The molecule has 0 rings (SSSR count). The van der Waals surface area contributed by atoms with Gasteiger partial charge in [0.25, 0.3) is 0 Å². The van der Waals surface area contributed by atoms with Crippen LogP contribution in [-0.4, -0.2) is 24.6 Å². The molecule has 0 aromatic carbocycles. The Hall–Kier alpha value is -1.06. The zero-order valence-electron chi connectivity index (χ0n) is 22.8. The van der Waals surface area contributed by atoms with E-state index in [1.165, 1.54) is 77.0 Å². The van der Waals surface area contributed by atoms with Gasteiger partial charge in [0, 0.05) is 12.8 Å². The molecule has 0 aliphatic carbocycles. The summed E-state index contributed by atoms with van der Waals surface area (Å²) in [7, 11) is 0. The predicted molar refractivity (Wildman–Crippen MR) is 139 cm³/mol. The number of ether oxygens (including phenoxy) is 2. The Morgan fingerprint density at radius 3 is 1.36 bits per heavy atom. The van der Waals surface area contributed by atoms with E-state index in [4.69, 9.17) is 9.47 Å². The molecule has 0 N–H and O–H groups in total. The third-order valence-corrected chi connectivity index (χ3v) is 6.35. The zero-order chi connectivity index (χ0) is 24.7. The van der Waals surface area contributed by atoms with Crippen LogP contribution in [0, 0.1) is 11.8 Å². The first-order chi connectivity index (χ1) is 15.9. The highest BCUT2D eigenvalue weighted by Gasteiger charge is 2.21. The Morgan fingerprint density at radius 1 is 0.545 bits per heavy atom. The van der Waals surface area contributed by atoms with Gasteiger partial charge in [-0.25, -0.2) is 0 Å². The maximum Gasteiger partial charge on any atom is 0.306 e. The topological polar surface area (TPSA) is 52.6 Å². The highest BCUT2D eigenvalue weighted by Crippen LogP contribution is 2.18. The Balaban J connectivity index is 3.42. The molecule has 0 saturated carbocycles. The van der Waals surface area contributed by atoms with Crippen LogP contribution in [0.4, 0.5) is 0 Å². The van der Waals surface area contributed by atoms with Gasteiger partial charge < -0.3 is 9.47 Å². The van der Waals surface area contributed by atoms with E-state index in [9.17, 15) is 9.59 Å². The van der Waals surface area contributed by atoms with Crippen LogP contribution in [0.5, 0.6) is 0 Å². The quantitative estimate of drug-likeness (QED) is 0.111. The molecule has 0 saturated heterocycles. The first-order valence-corrected chi connectivity index (χ1v) is 14.2. The van der Waals surface area contributed by atoms with Crippen LogP contribution in [0.15, 0.2) is 0 Å². The molecule has 0 radical (unpaired) electrons. The fraction of sp³-hybridized carbons (Fsp3) is 0.931. The molecule has 0 aliphatic heterocycles. The van der Waals surface area contributed by atoms with E-state index in [1.54, 1.807) is 0 Å². The molecule has 4 nitrogen and oxygen atoms in total. The number of carbonyl (C=O) groups excluding carboxylic acids is 2. The van der Waals surface area contributed by atoms with Gasteiger partial charge in [-0.1, -0.05) is 118 Å². The normalized spacial score (nSPS) is 11.5. The molecule has 33 heavy (non-hydrogen) atoms. The summed E-state index contributed by atoms with van der Waals surface area (Å²) in [5, 5.41) is 0. The smallest absolute Gasteiger partial charge is 0.306 e. The zero-order valence-corrected chi connectivity index (χ0v) is 22.8. The van der Waals surface area contributed by atoms with Crippen LogP contribution in [0.25, 0.3) is 0 Å². The van der Waals surface area contributed by atoms with E-state index in [0.717, 1.165) is 12.8 Å². The fourth-order valence-electron chi connectivity index (χ4n) is 4.35. The number of rotatable bonds is 23. The molecule has 0 atom stereocenters. The number of hydrogen-bond acceptors (Lipinski definition) is 4. The predicted octanol–water partition coefficient (Wildman–Crippen LogP) is 8.80. The first-order valence-electron chi connectivity index (χ1n) is 14.2. The average molecular weight is 469 g/mol. The van der Waals surface area contributed by atoms with Gasteiger partial charge in [-0.15, -0.1) is 0 Å². The summed E-state index contributed by atoms with van der Waals surface area (Å²) >= 11 is 0. The lowest BCUT2D eigenvalue weighted by atomic mass is 9.96. The molecule has 0 aliphatic rings. The molecular weight excluding hydrogens is 412 g/mol. The number of carbonyl (C=O) groups is 2. The van der Waals surface area contributed by atoms with Crippen LogP contribution in [-0.2, 0) is 19.1 Å². The Kier molecular flexibility index (Phi) is 22.0. The van der Waals surface area contributed by atoms with E-state index in [0.29, 0.717) is 44.1 Å². The van der Waals surface area contributed by atoms with Gasteiger partial charge in [0.2, 0.25) is 0 Å². The standard InChI is InChI=1S/C29H56O4/c1-6-7-8-9-10-11-12-13-14-15-16-17-18-21-24-32-27(30)22-19-20-23-28(31)33-29(25(2)3)26(4)5/h25-26,29H,6-24H2,1-5H3. The molecule has 0 heterocycles. The van der Waals surface area contributed by atoms with Crippen molar-refractivity contribution in [2.24, 2.45) is 11.8 Å². The maximum atomic E-state index is 12.0. The number of unbranched alkanes of at least 4 members (excludes halogenated alkanes) is 14. The lowest BCUT2D eigenvalue weighted by Gasteiger charge is -2.24. The van der Waals surface area contributed by atoms with Gasteiger partial charge in [0.05, 0.1) is 6.61 Å². The lowest BCUT2D eigenvalue weighted by Crippen LogP contribution is -2.28. The van der Waals surface area contributed by atoms with Crippen LogP contribution in [0.3, 0.4) is 0 Å². The molecule has 0 aromatic rings. The third kappa shape index (κ3) is 21.2. The summed E-state index contributed by atoms with van der Waals surface area (Å²) < 4.78 is 10.9. The molecule has 0 bridgehead atoms. The SMILES string of the molecule is CCCCCCCCCCCCCCCCOC(=O)CCCCC(=O)OC(C(C)C)C(C)C. The van der Waals surface area contributed by atoms with Crippen LogP contribution in [0.2, 0.25) is 0 Å². The van der Waals surface area contributed by atoms with Gasteiger partial charge in [0.1, 0.15) is 6.10 Å². The van der Waals surface area contributed by atoms with Gasteiger partial charge in [-0.2, -0.15) is 0 Å². The summed E-state index contributed by atoms with van der Waals surface area (Å²) in [6.45, 7) is 11.1. The summed E-state index contributed by atoms with van der Waals surface area (Å²) in [6, 6.07) is 0. The Morgan fingerprint density at radius 2 is 0.939 bits per heavy atom. The van der Waals surface area contributed by atoms with E-state index in [2.05, 4.69) is 34.6 Å². The average Bonchev–Trinajstić information content (AvgIpc) is 2.77. The van der Waals surface area contributed by atoms with E-state index >= 15 is 0 Å². The van der Waals surface area contributed by atoms with Crippen molar-refractivity contribution in [3.05, 3.63) is 0 Å². The molecule has 0 unspecified atom stereocenters. The van der Waals surface area contributed by atoms with Crippen molar-refractivity contribution in [2.45, 2.75) is 156 Å². The molecule has 4 heteroatoms. The van der Waals surface area contributed by atoms with E-state index in [1.807, 2.05) is 0 Å². The van der Waals surface area contributed by atoms with Crippen LogP contribution in [0.1, 0.15) is 150 Å². The van der Waals surface area contributed by atoms with Crippen molar-refractivity contribution in [3.8, 4) is 0 Å². The highest BCUT2D eigenvalue weighted by molar-refractivity contribution is 5.70. The van der Waals surface area contributed by atoms with Crippen molar-refractivity contribution >= 4 is 11.9 Å². The second-order valence-corrected chi connectivity index (χ2v) is 10.5. The molecular formula is C29H56O4. The maximum absolute atomic E-state index is 12.0. The Labute approximate surface area is 206 Å². The highest BCUT2D eigenvalue weighted by atomic mass is 16.5. The van der Waals surface area contributed by atoms with Gasteiger partial charge >= 0.3 is 11.9 Å². The van der Waals surface area contributed by atoms with E-state index in [-0.39, 0.29) is 18.0 Å². The van der Waals surface area contributed by atoms with Crippen molar-refractivity contribution in [1.82, 2.24) is 0 Å². The van der Waals surface area contributed by atoms with Gasteiger partial charge in [-0.3, -0.25) is 9.59 Å². The minimum Gasteiger partial charge on any atom is -0.466 e. The summed E-state index contributed by atoms with van der Waals surface area (Å²) in [4.78, 5) is 23.8. The number of hydrogen-bond donors (Lipinski definition) is 0. The third-order valence-electron chi connectivity index (χ3n) is 6.35. The van der Waals surface area contributed by atoms with Crippen molar-refractivity contribution in [3.63, 3.8) is 0 Å². The fourth-order valence-corrected chi connectivity index (χ4v) is 4.35.